The van der Waals surface area contributed by atoms with Crippen molar-refractivity contribution in [2.75, 3.05) is 26.4 Å². The highest BCUT2D eigenvalue weighted by Crippen LogP contribution is 2.43. The Labute approximate surface area is 224 Å². The highest BCUT2D eigenvalue weighted by Gasteiger charge is 2.27. The van der Waals surface area contributed by atoms with E-state index in [4.69, 9.17) is 65.4 Å². The summed E-state index contributed by atoms with van der Waals surface area (Å²) in [6, 6.07) is 6.94. The lowest BCUT2D eigenvalue weighted by molar-refractivity contribution is -0.139. The molecule has 0 saturated heterocycles. The van der Waals surface area contributed by atoms with Crippen LogP contribution in [0, 0.1) is 0 Å². The molecule has 6 nitrogen and oxygen atoms in total. The van der Waals surface area contributed by atoms with Gasteiger partial charge in [-0.1, -0.05) is 73.4 Å². The minimum atomic E-state index is -0.601. The number of esters is 2. The van der Waals surface area contributed by atoms with Crippen LogP contribution in [0.5, 0.6) is 11.5 Å². The van der Waals surface area contributed by atoms with E-state index in [0.29, 0.717) is 20.1 Å². The summed E-state index contributed by atoms with van der Waals surface area (Å²) in [6.07, 6.45) is 2.13. The molecule has 0 aliphatic heterocycles. The van der Waals surface area contributed by atoms with Gasteiger partial charge in [0.2, 0.25) is 0 Å². The summed E-state index contributed by atoms with van der Waals surface area (Å²) in [5, 5.41) is 1.17. The summed E-state index contributed by atoms with van der Waals surface area (Å²) in [7, 11) is 0. The number of carbonyl (C=O) groups is 2. The molecule has 10 heteroatoms. The van der Waals surface area contributed by atoms with Crippen LogP contribution in [0.3, 0.4) is 0 Å². The maximum absolute atomic E-state index is 11.1. The maximum atomic E-state index is 11.1. The Bertz CT molecular complexity index is 982. The molecule has 0 radical (unpaired) electrons. The van der Waals surface area contributed by atoms with Crippen LogP contribution >= 0.6 is 46.4 Å². The summed E-state index contributed by atoms with van der Waals surface area (Å²) < 4.78 is 20.9. The Hall–Kier alpha value is -2.38. The van der Waals surface area contributed by atoms with Crippen molar-refractivity contribution in [2.45, 2.75) is 19.3 Å². The van der Waals surface area contributed by atoms with E-state index >= 15 is 0 Å². The molecule has 0 bridgehead atoms. The molecular formula is C25H24Cl4O6. The highest BCUT2D eigenvalue weighted by atomic mass is 35.5. The predicted octanol–water partition coefficient (Wildman–Crippen LogP) is 6.84. The molecule has 35 heavy (non-hydrogen) atoms. The lowest BCUT2D eigenvalue weighted by atomic mass is 9.78. The van der Waals surface area contributed by atoms with Crippen LogP contribution in [0.15, 0.2) is 49.6 Å². The highest BCUT2D eigenvalue weighted by molar-refractivity contribution is 6.38. The molecule has 0 amide bonds. The molecule has 0 spiro atoms. The Balaban J connectivity index is 2.18. The van der Waals surface area contributed by atoms with E-state index in [2.05, 4.69) is 13.2 Å². The van der Waals surface area contributed by atoms with Crippen LogP contribution in [-0.2, 0) is 24.5 Å². The monoisotopic (exact) mass is 560 g/mol. The minimum Gasteiger partial charge on any atom is -0.487 e. The van der Waals surface area contributed by atoms with Gasteiger partial charge in [-0.3, -0.25) is 0 Å². The van der Waals surface area contributed by atoms with Gasteiger partial charge in [-0.15, -0.1) is 0 Å². The average Bonchev–Trinajstić information content (AvgIpc) is 2.81. The molecule has 188 valence electrons. The molecule has 0 unspecified atom stereocenters. The van der Waals surface area contributed by atoms with E-state index in [1.54, 1.807) is 24.3 Å². The topological polar surface area (TPSA) is 71.1 Å². The second kappa shape index (κ2) is 13.1. The second-order valence-electron chi connectivity index (χ2n) is 7.60. The summed E-state index contributed by atoms with van der Waals surface area (Å²) in [5.74, 6) is -0.542. The Morgan fingerprint density at radius 1 is 0.714 bits per heavy atom. The number of hydrogen-bond donors (Lipinski definition) is 0. The Kier molecular flexibility index (Phi) is 10.8. The molecule has 0 aromatic heterocycles. The number of halogens is 4. The summed E-state index contributed by atoms with van der Waals surface area (Å²) in [6.45, 7) is 10.8. The standard InChI is InChI=1S/C25H24Cl4O6/c1-5-21(30)32-7-9-34-23-17(26)11-15(12-18(23)27)25(3,4)16-13-19(28)24(20(29)14-16)35-10-8-33-22(31)6-2/h5-6,11-14H,1-2,7-10H2,3-4H3. The summed E-state index contributed by atoms with van der Waals surface area (Å²) in [4.78, 5) is 22.2. The first-order chi connectivity index (χ1) is 16.5. The third-order valence-electron chi connectivity index (χ3n) is 4.92. The first-order valence-electron chi connectivity index (χ1n) is 10.3. The molecule has 0 N–H and O–H groups in total. The van der Waals surface area contributed by atoms with Crippen LogP contribution in [-0.4, -0.2) is 38.4 Å². The van der Waals surface area contributed by atoms with E-state index in [1.807, 2.05) is 13.8 Å². The van der Waals surface area contributed by atoms with Crippen molar-refractivity contribution >= 4 is 58.3 Å². The normalized spacial score (nSPS) is 10.9. The van der Waals surface area contributed by atoms with Gasteiger partial charge in [0, 0.05) is 17.6 Å². The van der Waals surface area contributed by atoms with Gasteiger partial charge in [0.15, 0.2) is 11.5 Å². The van der Waals surface area contributed by atoms with E-state index in [-0.39, 0.29) is 37.9 Å². The van der Waals surface area contributed by atoms with Crippen LogP contribution in [0.25, 0.3) is 0 Å². The van der Waals surface area contributed by atoms with E-state index < -0.39 is 17.4 Å². The number of rotatable bonds is 12. The van der Waals surface area contributed by atoms with Gasteiger partial charge in [0.1, 0.15) is 26.4 Å². The fourth-order valence-electron chi connectivity index (χ4n) is 2.97. The fraction of sp³-hybridized carbons (Fsp3) is 0.280. The van der Waals surface area contributed by atoms with Gasteiger partial charge >= 0.3 is 11.9 Å². The van der Waals surface area contributed by atoms with Crippen LogP contribution in [0.2, 0.25) is 20.1 Å². The molecule has 0 saturated carbocycles. The smallest absolute Gasteiger partial charge is 0.330 e. The first kappa shape index (κ1) is 28.9. The van der Waals surface area contributed by atoms with Gasteiger partial charge in [-0.05, 0) is 35.4 Å². The van der Waals surface area contributed by atoms with Crippen molar-refractivity contribution in [2.24, 2.45) is 0 Å². The zero-order valence-electron chi connectivity index (χ0n) is 19.2. The SMILES string of the molecule is C=CC(=O)OCCOc1c(Cl)cc(C(C)(C)c2cc(Cl)c(OCCOC(=O)C=C)c(Cl)c2)cc1Cl. The molecule has 0 aliphatic carbocycles. The zero-order valence-corrected chi connectivity index (χ0v) is 22.2. The fourth-order valence-corrected chi connectivity index (χ4v) is 4.17. The number of benzene rings is 2. The van der Waals surface area contributed by atoms with E-state index in [0.717, 1.165) is 23.3 Å². The maximum Gasteiger partial charge on any atom is 0.330 e. The molecule has 2 aromatic rings. The van der Waals surface area contributed by atoms with Gasteiger partial charge in [0.25, 0.3) is 0 Å². The Morgan fingerprint density at radius 3 is 1.31 bits per heavy atom. The van der Waals surface area contributed by atoms with Gasteiger partial charge < -0.3 is 18.9 Å². The summed E-state index contributed by atoms with van der Waals surface area (Å²) in [5.41, 5.74) is 0.974. The average molecular weight is 562 g/mol. The lowest BCUT2D eigenvalue weighted by Gasteiger charge is -2.28. The van der Waals surface area contributed by atoms with Crippen LogP contribution in [0.4, 0.5) is 0 Å². The van der Waals surface area contributed by atoms with Crippen molar-refractivity contribution in [3.05, 3.63) is 80.8 Å². The third kappa shape index (κ3) is 7.80. The molecule has 0 heterocycles. The minimum absolute atomic E-state index is 0.0207. The first-order valence-corrected chi connectivity index (χ1v) is 11.9. The Morgan fingerprint density at radius 2 is 1.03 bits per heavy atom. The van der Waals surface area contributed by atoms with Crippen LogP contribution in [0.1, 0.15) is 25.0 Å². The van der Waals surface area contributed by atoms with Crippen molar-refractivity contribution in [1.82, 2.24) is 0 Å². The molecule has 0 fully saturated rings. The quantitative estimate of drug-likeness (QED) is 0.160. The second-order valence-corrected chi connectivity index (χ2v) is 9.23. The number of hydrogen-bond acceptors (Lipinski definition) is 6. The van der Waals surface area contributed by atoms with Crippen molar-refractivity contribution < 1.29 is 28.5 Å². The zero-order chi connectivity index (χ0) is 26.2. The lowest BCUT2D eigenvalue weighted by Crippen LogP contribution is -2.19. The van der Waals surface area contributed by atoms with Gasteiger partial charge in [-0.25, -0.2) is 9.59 Å². The van der Waals surface area contributed by atoms with Crippen molar-refractivity contribution in [3.63, 3.8) is 0 Å². The van der Waals surface area contributed by atoms with Crippen molar-refractivity contribution in [1.29, 1.82) is 0 Å². The van der Waals surface area contributed by atoms with Gasteiger partial charge in [-0.2, -0.15) is 0 Å². The molecule has 2 aromatic carbocycles. The number of carbonyl (C=O) groups excluding carboxylic acids is 2. The van der Waals surface area contributed by atoms with Gasteiger partial charge in [0.05, 0.1) is 20.1 Å². The van der Waals surface area contributed by atoms with Crippen LogP contribution < -0.4 is 9.47 Å². The molecule has 2 rings (SSSR count). The van der Waals surface area contributed by atoms with E-state index in [9.17, 15) is 9.59 Å². The molecular weight excluding hydrogens is 538 g/mol. The van der Waals surface area contributed by atoms with Crippen molar-refractivity contribution in [3.8, 4) is 11.5 Å². The number of ether oxygens (including phenoxy) is 4. The third-order valence-corrected chi connectivity index (χ3v) is 6.04. The molecule has 0 atom stereocenters. The van der Waals surface area contributed by atoms with E-state index in [1.165, 1.54) is 0 Å². The molecule has 0 aliphatic rings. The largest absolute Gasteiger partial charge is 0.487 e. The predicted molar refractivity (Wildman–Crippen MR) is 138 cm³/mol. The summed E-state index contributed by atoms with van der Waals surface area (Å²) >= 11 is 25.8.